The Bertz CT molecular complexity index is 429. The zero-order valence-corrected chi connectivity index (χ0v) is 12.5. The molecule has 0 amide bonds. The van der Waals surface area contributed by atoms with Crippen LogP contribution in [0.25, 0.3) is 0 Å². The van der Waals surface area contributed by atoms with Gasteiger partial charge in [-0.3, -0.25) is 0 Å². The van der Waals surface area contributed by atoms with E-state index in [1.165, 1.54) is 11.3 Å². The molecule has 0 saturated carbocycles. The predicted molar refractivity (Wildman–Crippen MR) is 75.3 cm³/mol. The summed E-state index contributed by atoms with van der Waals surface area (Å²) in [5, 5.41) is 4.69. The fourth-order valence-corrected chi connectivity index (χ4v) is 4.07. The lowest BCUT2D eigenvalue weighted by atomic mass is 10.5. The third kappa shape index (κ3) is 4.97. The SMILES string of the molecule is CNCc1cc(S(=O)(=O)NCCCSC)cs1. The van der Waals surface area contributed by atoms with Gasteiger partial charge < -0.3 is 5.32 Å². The molecule has 0 atom stereocenters. The van der Waals surface area contributed by atoms with Crippen molar-refractivity contribution in [2.45, 2.75) is 17.9 Å². The van der Waals surface area contributed by atoms with E-state index in [2.05, 4.69) is 10.0 Å². The molecule has 1 heterocycles. The summed E-state index contributed by atoms with van der Waals surface area (Å²) in [6.07, 6.45) is 2.87. The molecule has 0 fully saturated rings. The molecule has 0 bridgehead atoms. The van der Waals surface area contributed by atoms with Gasteiger partial charge in [-0.2, -0.15) is 11.8 Å². The van der Waals surface area contributed by atoms with E-state index < -0.39 is 10.0 Å². The highest BCUT2D eigenvalue weighted by Gasteiger charge is 2.15. The van der Waals surface area contributed by atoms with Crippen LogP contribution >= 0.6 is 23.1 Å². The molecular formula is C10H18N2O2S3. The average molecular weight is 294 g/mol. The van der Waals surface area contributed by atoms with Gasteiger partial charge >= 0.3 is 0 Å². The van der Waals surface area contributed by atoms with Crippen molar-refractivity contribution in [2.75, 3.05) is 25.6 Å². The number of thiophene rings is 1. The molecule has 0 aliphatic carbocycles. The Morgan fingerprint density at radius 2 is 2.24 bits per heavy atom. The summed E-state index contributed by atoms with van der Waals surface area (Å²) >= 11 is 3.18. The van der Waals surface area contributed by atoms with Crippen LogP contribution in [0.1, 0.15) is 11.3 Å². The van der Waals surface area contributed by atoms with Gasteiger partial charge in [0.15, 0.2) is 0 Å². The van der Waals surface area contributed by atoms with Crippen LogP contribution in [0.4, 0.5) is 0 Å². The van der Waals surface area contributed by atoms with Crippen LogP contribution in [-0.2, 0) is 16.6 Å². The van der Waals surface area contributed by atoms with Gasteiger partial charge in [0.05, 0.1) is 4.90 Å². The molecule has 0 saturated heterocycles. The molecule has 2 N–H and O–H groups in total. The van der Waals surface area contributed by atoms with E-state index in [9.17, 15) is 8.42 Å². The third-order valence-corrected chi connectivity index (χ3v) is 5.33. The molecule has 7 heteroatoms. The van der Waals surface area contributed by atoms with E-state index in [0.717, 1.165) is 17.1 Å². The first-order chi connectivity index (χ1) is 8.10. The lowest BCUT2D eigenvalue weighted by molar-refractivity contribution is 0.581. The van der Waals surface area contributed by atoms with Gasteiger partial charge in [0.1, 0.15) is 0 Å². The second-order valence-electron chi connectivity index (χ2n) is 3.52. The smallest absolute Gasteiger partial charge is 0.241 e. The number of hydrogen-bond donors (Lipinski definition) is 2. The fourth-order valence-electron chi connectivity index (χ4n) is 1.27. The van der Waals surface area contributed by atoms with E-state index in [1.54, 1.807) is 23.2 Å². The molecule has 4 nitrogen and oxygen atoms in total. The predicted octanol–water partition coefficient (Wildman–Crippen LogP) is 1.50. The minimum Gasteiger partial charge on any atom is -0.315 e. The normalized spacial score (nSPS) is 11.9. The summed E-state index contributed by atoms with van der Waals surface area (Å²) in [5.74, 6) is 0.969. The van der Waals surface area contributed by atoms with E-state index in [0.29, 0.717) is 18.0 Å². The lowest BCUT2D eigenvalue weighted by Gasteiger charge is -2.03. The first-order valence-corrected chi connectivity index (χ1v) is 9.06. The highest BCUT2D eigenvalue weighted by atomic mass is 32.2. The van der Waals surface area contributed by atoms with Crippen LogP contribution in [0.15, 0.2) is 16.3 Å². The minimum absolute atomic E-state index is 0.372. The molecule has 0 radical (unpaired) electrons. The Hall–Kier alpha value is -0.0800. The van der Waals surface area contributed by atoms with Crippen LogP contribution in [0, 0.1) is 0 Å². The van der Waals surface area contributed by atoms with Crippen molar-refractivity contribution in [3.63, 3.8) is 0 Å². The van der Waals surface area contributed by atoms with Crippen molar-refractivity contribution in [3.8, 4) is 0 Å². The summed E-state index contributed by atoms with van der Waals surface area (Å²) in [6, 6.07) is 1.72. The Balaban J connectivity index is 2.56. The largest absolute Gasteiger partial charge is 0.315 e. The van der Waals surface area contributed by atoms with Crippen LogP contribution in [0.5, 0.6) is 0 Å². The molecule has 1 aromatic heterocycles. The van der Waals surface area contributed by atoms with Crippen LogP contribution in [0.2, 0.25) is 0 Å². The molecule has 0 aromatic carbocycles. The number of rotatable bonds is 8. The molecule has 0 aliphatic heterocycles. The summed E-state index contributed by atoms with van der Waals surface area (Å²) in [7, 11) is -1.47. The Kier molecular flexibility index (Phi) is 6.50. The van der Waals surface area contributed by atoms with E-state index in [1.807, 2.05) is 13.3 Å². The van der Waals surface area contributed by atoms with Crippen molar-refractivity contribution in [1.82, 2.24) is 10.0 Å². The summed E-state index contributed by atoms with van der Waals surface area (Å²) < 4.78 is 26.4. The first-order valence-electron chi connectivity index (χ1n) is 5.31. The maximum Gasteiger partial charge on any atom is 0.241 e. The van der Waals surface area contributed by atoms with Crippen molar-refractivity contribution < 1.29 is 8.42 Å². The Labute approximate surface area is 111 Å². The highest BCUT2D eigenvalue weighted by Crippen LogP contribution is 2.18. The van der Waals surface area contributed by atoms with Gasteiger partial charge in [0.2, 0.25) is 10.0 Å². The molecule has 1 rings (SSSR count). The standard InChI is InChI=1S/C10H18N2O2S3/c1-11-7-9-6-10(8-16-9)17(13,14)12-4-3-5-15-2/h6,8,11-12H,3-5,7H2,1-2H3. The van der Waals surface area contributed by atoms with Crippen molar-refractivity contribution in [1.29, 1.82) is 0 Å². The second-order valence-corrected chi connectivity index (χ2v) is 7.27. The molecule has 0 aliphatic rings. The zero-order valence-electron chi connectivity index (χ0n) is 10.0. The van der Waals surface area contributed by atoms with Crippen LogP contribution in [-0.4, -0.2) is 34.0 Å². The van der Waals surface area contributed by atoms with Crippen molar-refractivity contribution >= 4 is 33.1 Å². The molecule has 1 aromatic rings. The van der Waals surface area contributed by atoms with Gasteiger partial charge in [-0.15, -0.1) is 11.3 Å². The summed E-state index contributed by atoms with van der Waals surface area (Å²) in [6.45, 7) is 1.20. The molecule has 0 unspecified atom stereocenters. The van der Waals surface area contributed by atoms with Crippen molar-refractivity contribution in [3.05, 3.63) is 16.3 Å². The van der Waals surface area contributed by atoms with Gasteiger partial charge in [0.25, 0.3) is 0 Å². The van der Waals surface area contributed by atoms with E-state index in [-0.39, 0.29) is 0 Å². The maximum absolute atomic E-state index is 11.9. The number of sulfonamides is 1. The molecule has 0 spiro atoms. The van der Waals surface area contributed by atoms with Gasteiger partial charge in [-0.25, -0.2) is 13.1 Å². The number of nitrogens with one attached hydrogen (secondary N) is 2. The van der Waals surface area contributed by atoms with E-state index >= 15 is 0 Å². The maximum atomic E-state index is 11.9. The fraction of sp³-hybridized carbons (Fsp3) is 0.600. The average Bonchev–Trinajstić information content (AvgIpc) is 2.74. The highest BCUT2D eigenvalue weighted by molar-refractivity contribution is 7.98. The minimum atomic E-state index is -3.31. The number of thioether (sulfide) groups is 1. The zero-order chi connectivity index (χ0) is 12.7. The monoisotopic (exact) mass is 294 g/mol. The topological polar surface area (TPSA) is 58.2 Å². The third-order valence-electron chi connectivity index (χ3n) is 2.11. The summed E-state index contributed by atoms with van der Waals surface area (Å²) in [4.78, 5) is 1.40. The van der Waals surface area contributed by atoms with Gasteiger partial charge in [-0.05, 0) is 31.5 Å². The molecular weight excluding hydrogens is 276 g/mol. The van der Waals surface area contributed by atoms with Crippen LogP contribution < -0.4 is 10.0 Å². The van der Waals surface area contributed by atoms with E-state index in [4.69, 9.17) is 0 Å². The number of hydrogen-bond acceptors (Lipinski definition) is 5. The van der Waals surface area contributed by atoms with Crippen molar-refractivity contribution in [2.24, 2.45) is 0 Å². The lowest BCUT2D eigenvalue weighted by Crippen LogP contribution is -2.24. The first kappa shape index (κ1) is 15.0. The second kappa shape index (κ2) is 7.38. The molecule has 98 valence electrons. The molecule has 17 heavy (non-hydrogen) atoms. The van der Waals surface area contributed by atoms with Crippen LogP contribution in [0.3, 0.4) is 0 Å². The van der Waals surface area contributed by atoms with Gasteiger partial charge in [0, 0.05) is 23.3 Å². The summed E-state index contributed by atoms with van der Waals surface area (Å²) in [5.41, 5.74) is 0. The Morgan fingerprint density at radius 1 is 1.47 bits per heavy atom. The Morgan fingerprint density at radius 3 is 2.88 bits per heavy atom. The quantitative estimate of drug-likeness (QED) is 0.713. The van der Waals surface area contributed by atoms with Gasteiger partial charge in [-0.1, -0.05) is 0 Å².